The van der Waals surface area contributed by atoms with Crippen molar-refractivity contribution in [2.24, 2.45) is 5.10 Å². The van der Waals surface area contributed by atoms with Gasteiger partial charge in [0.1, 0.15) is 5.75 Å². The SMILES string of the molecule is COc1cc(/C=N\N(C)c2ccccc2)cc([N+](=O)[O-])c1[O-]. The van der Waals surface area contributed by atoms with Gasteiger partial charge in [0.2, 0.25) is 0 Å². The van der Waals surface area contributed by atoms with Crippen LogP contribution in [-0.2, 0) is 0 Å². The summed E-state index contributed by atoms with van der Waals surface area (Å²) in [5.74, 6) is -0.834. The number of para-hydroxylation sites is 1. The van der Waals surface area contributed by atoms with Crippen LogP contribution >= 0.6 is 0 Å². The van der Waals surface area contributed by atoms with Crippen LogP contribution in [0.3, 0.4) is 0 Å². The number of hydrazone groups is 1. The maximum absolute atomic E-state index is 11.7. The van der Waals surface area contributed by atoms with Crippen LogP contribution in [0.1, 0.15) is 5.56 Å². The summed E-state index contributed by atoms with van der Waals surface area (Å²) in [6.07, 6.45) is 1.43. The first-order valence-electron chi connectivity index (χ1n) is 6.39. The zero-order chi connectivity index (χ0) is 16.1. The van der Waals surface area contributed by atoms with Gasteiger partial charge < -0.3 is 9.84 Å². The molecule has 0 atom stereocenters. The summed E-state index contributed by atoms with van der Waals surface area (Å²) < 4.78 is 4.88. The van der Waals surface area contributed by atoms with E-state index in [1.54, 1.807) is 12.1 Å². The van der Waals surface area contributed by atoms with Crippen molar-refractivity contribution in [3.8, 4) is 11.5 Å². The lowest BCUT2D eigenvalue weighted by Gasteiger charge is -2.14. The van der Waals surface area contributed by atoms with Crippen molar-refractivity contribution in [3.63, 3.8) is 0 Å². The summed E-state index contributed by atoms with van der Waals surface area (Å²) in [5, 5.41) is 28.4. The molecular weight excluding hydrogens is 286 g/mol. The Morgan fingerprint density at radius 1 is 1.27 bits per heavy atom. The maximum atomic E-state index is 11.7. The van der Waals surface area contributed by atoms with Crippen LogP contribution in [0.25, 0.3) is 0 Å². The number of ether oxygens (including phenoxy) is 1. The van der Waals surface area contributed by atoms with Crippen molar-refractivity contribution in [1.29, 1.82) is 0 Å². The van der Waals surface area contributed by atoms with E-state index in [-0.39, 0.29) is 5.75 Å². The van der Waals surface area contributed by atoms with Crippen molar-refractivity contribution in [1.82, 2.24) is 0 Å². The zero-order valence-corrected chi connectivity index (χ0v) is 12.1. The number of methoxy groups -OCH3 is 1. The Balaban J connectivity index is 2.31. The van der Waals surface area contributed by atoms with Gasteiger partial charge in [0, 0.05) is 24.4 Å². The quantitative estimate of drug-likeness (QED) is 0.479. The van der Waals surface area contributed by atoms with Crippen molar-refractivity contribution in [2.75, 3.05) is 19.2 Å². The minimum Gasteiger partial charge on any atom is -0.865 e. The second kappa shape index (κ2) is 6.57. The van der Waals surface area contributed by atoms with Crippen molar-refractivity contribution in [2.45, 2.75) is 0 Å². The molecule has 0 aromatic heterocycles. The summed E-state index contributed by atoms with van der Waals surface area (Å²) in [7, 11) is 3.04. The molecule has 2 aromatic rings. The van der Waals surface area contributed by atoms with Crippen LogP contribution in [0.5, 0.6) is 11.5 Å². The van der Waals surface area contributed by atoms with Crippen LogP contribution in [-0.4, -0.2) is 25.3 Å². The van der Waals surface area contributed by atoms with Crippen LogP contribution in [0.2, 0.25) is 0 Å². The fraction of sp³-hybridized carbons (Fsp3) is 0.133. The van der Waals surface area contributed by atoms with E-state index in [2.05, 4.69) is 5.10 Å². The number of benzene rings is 2. The number of rotatable bonds is 5. The second-order valence-corrected chi connectivity index (χ2v) is 4.43. The third-order valence-electron chi connectivity index (χ3n) is 2.98. The minimum absolute atomic E-state index is 0.0852. The third kappa shape index (κ3) is 3.32. The first kappa shape index (κ1) is 15.3. The Labute approximate surface area is 127 Å². The Bertz CT molecular complexity index is 701. The molecule has 0 N–H and O–H groups in total. The molecule has 0 bridgehead atoms. The monoisotopic (exact) mass is 300 g/mol. The van der Waals surface area contributed by atoms with Crippen molar-refractivity contribution >= 4 is 17.6 Å². The van der Waals surface area contributed by atoms with Gasteiger partial charge in [0.05, 0.1) is 23.9 Å². The molecule has 0 spiro atoms. The molecule has 22 heavy (non-hydrogen) atoms. The molecule has 0 radical (unpaired) electrons. The van der Waals surface area contributed by atoms with E-state index in [1.807, 2.05) is 30.3 Å². The number of nitro benzene ring substituents is 1. The highest BCUT2D eigenvalue weighted by atomic mass is 16.6. The van der Waals surface area contributed by atoms with E-state index in [0.29, 0.717) is 5.56 Å². The molecule has 0 unspecified atom stereocenters. The Hall–Kier alpha value is -3.09. The van der Waals surface area contributed by atoms with E-state index in [1.165, 1.54) is 25.5 Å². The van der Waals surface area contributed by atoms with Crippen molar-refractivity contribution < 1.29 is 14.8 Å². The van der Waals surface area contributed by atoms with E-state index >= 15 is 0 Å². The molecule has 0 saturated heterocycles. The highest BCUT2D eigenvalue weighted by molar-refractivity contribution is 5.83. The van der Waals surface area contributed by atoms with Crippen LogP contribution in [0, 0.1) is 10.1 Å². The zero-order valence-electron chi connectivity index (χ0n) is 12.1. The van der Waals surface area contributed by atoms with Gasteiger partial charge in [-0.05, 0) is 18.2 Å². The Kier molecular flexibility index (Phi) is 4.57. The molecule has 0 fully saturated rings. The highest BCUT2D eigenvalue weighted by Gasteiger charge is 2.12. The van der Waals surface area contributed by atoms with Crippen LogP contribution < -0.4 is 14.9 Å². The molecule has 0 aliphatic rings. The lowest BCUT2D eigenvalue weighted by molar-refractivity contribution is -0.398. The topological polar surface area (TPSA) is 91.0 Å². The minimum atomic E-state index is -0.749. The van der Waals surface area contributed by atoms with Crippen LogP contribution in [0.4, 0.5) is 11.4 Å². The number of anilines is 1. The molecule has 2 rings (SSSR count). The predicted octanol–water partition coefficient (Wildman–Crippen LogP) is 2.15. The first-order chi connectivity index (χ1) is 10.5. The van der Waals surface area contributed by atoms with E-state index in [0.717, 1.165) is 5.69 Å². The molecule has 0 aliphatic carbocycles. The number of hydrogen-bond acceptors (Lipinski definition) is 6. The fourth-order valence-electron chi connectivity index (χ4n) is 1.83. The molecule has 114 valence electrons. The van der Waals surface area contributed by atoms with Gasteiger partial charge in [-0.1, -0.05) is 18.2 Å². The summed E-state index contributed by atoms with van der Waals surface area (Å²) in [6.45, 7) is 0. The van der Waals surface area contributed by atoms with Gasteiger partial charge in [0.15, 0.2) is 0 Å². The molecule has 2 aromatic carbocycles. The molecule has 0 saturated carbocycles. The maximum Gasteiger partial charge on any atom is 0.266 e. The van der Waals surface area contributed by atoms with Gasteiger partial charge in [-0.3, -0.25) is 15.1 Å². The number of nitrogens with zero attached hydrogens (tertiary/aromatic N) is 3. The van der Waals surface area contributed by atoms with E-state index in [4.69, 9.17) is 4.74 Å². The third-order valence-corrected chi connectivity index (χ3v) is 2.98. The Morgan fingerprint density at radius 2 is 1.95 bits per heavy atom. The summed E-state index contributed by atoms with van der Waals surface area (Å²) in [6, 6.07) is 12.0. The molecule has 7 nitrogen and oxygen atoms in total. The first-order valence-corrected chi connectivity index (χ1v) is 6.39. The van der Waals surface area contributed by atoms with Gasteiger partial charge in [-0.15, -0.1) is 0 Å². The summed E-state index contributed by atoms with van der Waals surface area (Å²) >= 11 is 0. The fourth-order valence-corrected chi connectivity index (χ4v) is 1.83. The van der Waals surface area contributed by atoms with Gasteiger partial charge in [-0.25, -0.2) is 0 Å². The molecule has 0 aliphatic heterocycles. The van der Waals surface area contributed by atoms with E-state index < -0.39 is 16.4 Å². The lowest BCUT2D eigenvalue weighted by Crippen LogP contribution is -2.09. The molecule has 0 amide bonds. The molecular formula is C15H14N3O4-. The van der Waals surface area contributed by atoms with Crippen molar-refractivity contribution in [3.05, 3.63) is 58.1 Å². The van der Waals surface area contributed by atoms with Gasteiger partial charge in [0.25, 0.3) is 5.69 Å². The number of hydrogen-bond donors (Lipinski definition) is 0. The molecule has 0 heterocycles. The Morgan fingerprint density at radius 3 is 2.55 bits per heavy atom. The van der Waals surface area contributed by atoms with Gasteiger partial charge >= 0.3 is 0 Å². The number of nitro groups is 1. The summed E-state index contributed by atoms with van der Waals surface area (Å²) in [4.78, 5) is 10.2. The van der Waals surface area contributed by atoms with Gasteiger partial charge in [-0.2, -0.15) is 5.10 Å². The van der Waals surface area contributed by atoms with Crippen LogP contribution in [0.15, 0.2) is 47.6 Å². The predicted molar refractivity (Wildman–Crippen MR) is 81.5 cm³/mol. The standard InChI is InChI=1S/C15H15N3O4/c1-17(12-6-4-3-5-7-12)16-10-11-8-13(18(20)21)15(19)14(9-11)22-2/h3-10,19H,1-2H3/p-1/b16-10-. The largest absolute Gasteiger partial charge is 0.865 e. The van der Waals surface area contributed by atoms with E-state index in [9.17, 15) is 15.2 Å². The summed E-state index contributed by atoms with van der Waals surface area (Å²) in [5.41, 5.74) is 0.731. The average Bonchev–Trinajstić information content (AvgIpc) is 2.54. The average molecular weight is 300 g/mol. The highest BCUT2D eigenvalue weighted by Crippen LogP contribution is 2.33. The normalized spacial score (nSPS) is 10.6. The second-order valence-electron chi connectivity index (χ2n) is 4.43. The lowest BCUT2D eigenvalue weighted by atomic mass is 10.2. The molecule has 7 heteroatoms. The smallest absolute Gasteiger partial charge is 0.266 e.